The predicted octanol–water partition coefficient (Wildman–Crippen LogP) is 3.82. The van der Waals surface area contributed by atoms with Crippen molar-refractivity contribution in [1.29, 1.82) is 0 Å². The van der Waals surface area contributed by atoms with Crippen molar-refractivity contribution in [3.8, 4) is 5.75 Å². The smallest absolute Gasteiger partial charge is 0.257 e. The summed E-state index contributed by atoms with van der Waals surface area (Å²) in [5.41, 5.74) is 2.95. The molecule has 1 unspecified atom stereocenters. The van der Waals surface area contributed by atoms with Crippen LogP contribution in [0.5, 0.6) is 5.75 Å². The van der Waals surface area contributed by atoms with Gasteiger partial charge in [-0.15, -0.1) is 0 Å². The van der Waals surface area contributed by atoms with E-state index < -0.39 is 0 Å². The monoisotopic (exact) mass is 426 g/mol. The first-order valence-corrected chi connectivity index (χ1v) is 9.55. The number of pyridine rings is 1. The van der Waals surface area contributed by atoms with Crippen LogP contribution in [0.4, 0.5) is 0 Å². The van der Waals surface area contributed by atoms with Crippen molar-refractivity contribution in [2.75, 3.05) is 7.11 Å². The van der Waals surface area contributed by atoms with Gasteiger partial charge in [0.15, 0.2) is 0 Å². The highest BCUT2D eigenvalue weighted by atomic mass is 79.9. The van der Waals surface area contributed by atoms with Crippen LogP contribution < -0.4 is 15.5 Å². The van der Waals surface area contributed by atoms with E-state index in [0.29, 0.717) is 11.9 Å². The minimum absolute atomic E-state index is 0.175. The molecule has 2 aromatic carbocycles. The Morgan fingerprint density at radius 3 is 2.74 bits per heavy atom. The molecule has 1 aliphatic rings. The van der Waals surface area contributed by atoms with Gasteiger partial charge in [0.25, 0.3) is 5.91 Å². The molecule has 6 heteroatoms. The Kier molecular flexibility index (Phi) is 4.52. The molecule has 5 nitrogen and oxygen atoms in total. The Bertz CT molecular complexity index is 1100. The van der Waals surface area contributed by atoms with Crippen LogP contribution in [-0.2, 0) is 13.0 Å². The van der Waals surface area contributed by atoms with E-state index in [1.165, 1.54) is 0 Å². The van der Waals surface area contributed by atoms with Crippen LogP contribution in [0.2, 0.25) is 0 Å². The van der Waals surface area contributed by atoms with Crippen LogP contribution in [-0.4, -0.2) is 17.6 Å². The number of aromatic nitrogens is 1. The van der Waals surface area contributed by atoms with E-state index in [-0.39, 0.29) is 22.9 Å². The molecule has 2 heterocycles. The van der Waals surface area contributed by atoms with Gasteiger partial charge in [-0.2, -0.15) is 0 Å². The Morgan fingerprint density at radius 2 is 2.04 bits per heavy atom. The summed E-state index contributed by atoms with van der Waals surface area (Å²) in [5.74, 6) is 0.401. The van der Waals surface area contributed by atoms with Crippen LogP contribution in [0.3, 0.4) is 0 Å². The van der Waals surface area contributed by atoms with Crippen molar-refractivity contribution in [2.45, 2.75) is 25.9 Å². The first kappa shape index (κ1) is 17.8. The summed E-state index contributed by atoms with van der Waals surface area (Å²) < 4.78 is 8.04. The zero-order chi connectivity index (χ0) is 19.1. The number of amides is 1. The van der Waals surface area contributed by atoms with Crippen molar-refractivity contribution in [1.82, 2.24) is 9.88 Å². The Hall–Kier alpha value is -2.60. The van der Waals surface area contributed by atoms with Crippen molar-refractivity contribution in [3.05, 3.63) is 74.0 Å². The van der Waals surface area contributed by atoms with Gasteiger partial charge in [0.05, 0.1) is 12.6 Å². The van der Waals surface area contributed by atoms with Gasteiger partial charge in [-0.05, 0) is 48.7 Å². The van der Waals surface area contributed by atoms with E-state index in [9.17, 15) is 9.59 Å². The predicted molar refractivity (Wildman–Crippen MR) is 108 cm³/mol. The fraction of sp³-hybridized carbons (Fsp3) is 0.238. The van der Waals surface area contributed by atoms with Crippen LogP contribution in [0.1, 0.15) is 34.5 Å². The number of nitrogens with zero attached hydrogens (tertiary/aromatic N) is 1. The zero-order valence-corrected chi connectivity index (χ0v) is 16.7. The van der Waals surface area contributed by atoms with Gasteiger partial charge in [-0.3, -0.25) is 9.59 Å². The SMILES string of the molecule is COc1ccc(CNC(=O)c2cn3c4c(cc(Br)cc4c2=O)CC3C)cc1. The molecule has 0 radical (unpaired) electrons. The van der Waals surface area contributed by atoms with Crippen LogP contribution in [0.25, 0.3) is 10.9 Å². The lowest BCUT2D eigenvalue weighted by Crippen LogP contribution is -2.29. The molecule has 0 spiro atoms. The van der Waals surface area contributed by atoms with Crippen LogP contribution in [0, 0.1) is 0 Å². The molecule has 0 fully saturated rings. The Morgan fingerprint density at radius 1 is 1.30 bits per heavy atom. The zero-order valence-electron chi connectivity index (χ0n) is 15.1. The second kappa shape index (κ2) is 6.85. The van der Waals surface area contributed by atoms with Crippen LogP contribution in [0.15, 0.2) is 51.9 Å². The van der Waals surface area contributed by atoms with Gasteiger partial charge in [0, 0.05) is 28.6 Å². The second-order valence-electron chi connectivity index (χ2n) is 6.82. The molecule has 27 heavy (non-hydrogen) atoms. The Labute approximate surface area is 165 Å². The third-order valence-corrected chi connectivity index (χ3v) is 5.47. The molecule has 1 N–H and O–H groups in total. The maximum Gasteiger partial charge on any atom is 0.257 e. The fourth-order valence-corrected chi connectivity index (χ4v) is 4.15. The fourth-order valence-electron chi connectivity index (χ4n) is 3.64. The van der Waals surface area contributed by atoms with E-state index in [2.05, 4.69) is 28.2 Å². The molecule has 1 aliphatic heterocycles. The number of hydrogen-bond donors (Lipinski definition) is 1. The number of halogens is 1. The van der Waals surface area contributed by atoms with E-state index in [0.717, 1.165) is 33.3 Å². The minimum atomic E-state index is -0.359. The molecule has 1 atom stereocenters. The van der Waals surface area contributed by atoms with E-state index in [1.807, 2.05) is 34.9 Å². The summed E-state index contributed by atoms with van der Waals surface area (Å²) in [7, 11) is 1.61. The topological polar surface area (TPSA) is 60.3 Å². The van der Waals surface area contributed by atoms with Crippen molar-refractivity contribution in [2.24, 2.45) is 0 Å². The number of carbonyl (C=O) groups excluding carboxylic acids is 1. The van der Waals surface area contributed by atoms with Gasteiger partial charge in [-0.1, -0.05) is 28.1 Å². The quantitative estimate of drug-likeness (QED) is 0.689. The van der Waals surface area contributed by atoms with E-state index >= 15 is 0 Å². The molecule has 4 rings (SSSR count). The molecule has 1 amide bonds. The van der Waals surface area contributed by atoms with Gasteiger partial charge < -0.3 is 14.6 Å². The maximum absolute atomic E-state index is 12.9. The first-order valence-electron chi connectivity index (χ1n) is 8.76. The number of rotatable bonds is 4. The molecule has 3 aromatic rings. The average molecular weight is 427 g/mol. The minimum Gasteiger partial charge on any atom is -0.497 e. The summed E-state index contributed by atoms with van der Waals surface area (Å²) in [4.78, 5) is 25.7. The number of ether oxygens (including phenoxy) is 1. The highest BCUT2D eigenvalue weighted by Gasteiger charge is 2.25. The molecular weight excluding hydrogens is 408 g/mol. The molecule has 0 saturated heterocycles. The van der Waals surface area contributed by atoms with E-state index in [1.54, 1.807) is 19.4 Å². The molecule has 0 aliphatic carbocycles. The summed E-state index contributed by atoms with van der Waals surface area (Å²) in [6.45, 7) is 2.44. The lowest BCUT2D eigenvalue weighted by atomic mass is 10.1. The summed E-state index contributed by atoms with van der Waals surface area (Å²) >= 11 is 3.48. The molecule has 0 bridgehead atoms. The molecular formula is C21H19BrN2O3. The highest BCUT2D eigenvalue weighted by Crippen LogP contribution is 2.33. The number of hydrogen-bond acceptors (Lipinski definition) is 3. The third-order valence-electron chi connectivity index (χ3n) is 5.02. The van der Waals surface area contributed by atoms with E-state index in [4.69, 9.17) is 4.74 Å². The lowest BCUT2D eigenvalue weighted by Gasteiger charge is -2.13. The number of nitrogens with one attached hydrogen (secondary N) is 1. The first-order chi connectivity index (χ1) is 13.0. The van der Waals surface area contributed by atoms with Crippen molar-refractivity contribution in [3.63, 3.8) is 0 Å². The van der Waals surface area contributed by atoms with Crippen molar-refractivity contribution >= 4 is 32.7 Å². The standard InChI is InChI=1S/C21H19BrN2O3/c1-12-7-14-8-15(22)9-17-19(14)24(12)11-18(20(17)25)21(26)23-10-13-3-5-16(27-2)6-4-13/h3-6,8-9,11-12H,7,10H2,1-2H3,(H,23,26). The van der Waals surface area contributed by atoms with Gasteiger partial charge >= 0.3 is 0 Å². The highest BCUT2D eigenvalue weighted by molar-refractivity contribution is 9.10. The summed E-state index contributed by atoms with van der Waals surface area (Å²) in [5, 5.41) is 3.44. The third kappa shape index (κ3) is 3.14. The van der Waals surface area contributed by atoms with Gasteiger partial charge in [0.2, 0.25) is 5.43 Å². The second-order valence-corrected chi connectivity index (χ2v) is 7.74. The number of methoxy groups -OCH3 is 1. The van der Waals surface area contributed by atoms with Crippen LogP contribution >= 0.6 is 15.9 Å². The normalized spacial score (nSPS) is 15.1. The molecule has 0 saturated carbocycles. The largest absolute Gasteiger partial charge is 0.497 e. The van der Waals surface area contributed by atoms with Gasteiger partial charge in [0.1, 0.15) is 11.3 Å². The average Bonchev–Trinajstić information content (AvgIpc) is 2.98. The van der Waals surface area contributed by atoms with Crippen molar-refractivity contribution < 1.29 is 9.53 Å². The summed E-state index contributed by atoms with van der Waals surface area (Å²) in [6, 6.07) is 11.5. The lowest BCUT2D eigenvalue weighted by molar-refractivity contribution is 0.0949. The summed E-state index contributed by atoms with van der Waals surface area (Å²) in [6.07, 6.45) is 2.55. The Balaban J connectivity index is 1.66. The van der Waals surface area contributed by atoms with Gasteiger partial charge in [-0.25, -0.2) is 0 Å². The number of carbonyl (C=O) groups is 1. The number of benzene rings is 2. The molecule has 1 aromatic heterocycles. The molecule has 138 valence electrons. The maximum atomic E-state index is 12.9.